The Kier molecular flexibility index (Phi) is 12.9. The molecule has 4 amide bonds. The largest absolute Gasteiger partial charge is 0.493 e. The number of hydrogen-bond donors (Lipinski definition) is 4. The second-order valence-electron chi connectivity index (χ2n) is 10.4. The van der Waals surface area contributed by atoms with Crippen molar-refractivity contribution in [3.63, 3.8) is 0 Å². The summed E-state index contributed by atoms with van der Waals surface area (Å²) in [7, 11) is 8.66. The normalized spacial score (nSPS) is 10.2. The van der Waals surface area contributed by atoms with Crippen molar-refractivity contribution in [2.75, 3.05) is 66.4 Å². The molecule has 268 valence electrons. The van der Waals surface area contributed by atoms with Crippen LogP contribution in [0, 0.1) is 0 Å². The number of nitrogens with one attached hydrogen (secondary N) is 4. The van der Waals surface area contributed by atoms with Crippen molar-refractivity contribution in [3.05, 3.63) is 83.9 Å². The average molecular weight is 703 g/mol. The summed E-state index contributed by atoms with van der Waals surface area (Å²) >= 11 is 0. The van der Waals surface area contributed by atoms with E-state index in [4.69, 9.17) is 33.2 Å². The van der Waals surface area contributed by atoms with Gasteiger partial charge in [-0.25, -0.2) is 0 Å². The number of anilines is 2. The van der Waals surface area contributed by atoms with Crippen LogP contribution in [0.2, 0.25) is 0 Å². The van der Waals surface area contributed by atoms with Gasteiger partial charge in [0.1, 0.15) is 11.5 Å². The zero-order valence-corrected chi connectivity index (χ0v) is 28.8. The van der Waals surface area contributed by atoms with Crippen molar-refractivity contribution in [3.8, 4) is 46.0 Å². The lowest BCUT2D eigenvalue weighted by Crippen LogP contribution is -2.32. The van der Waals surface area contributed by atoms with Gasteiger partial charge in [0.2, 0.25) is 23.3 Å². The molecule has 15 nitrogen and oxygen atoms in total. The summed E-state index contributed by atoms with van der Waals surface area (Å²) < 4.78 is 37.6. The van der Waals surface area contributed by atoms with Crippen LogP contribution in [-0.4, -0.2) is 79.4 Å². The van der Waals surface area contributed by atoms with Crippen molar-refractivity contribution >= 4 is 35.0 Å². The van der Waals surface area contributed by atoms with E-state index in [9.17, 15) is 19.2 Å². The SMILES string of the molecule is COc1cc(C(=O)NCC(=O)Nc2ccc(Oc3cccc(NC(=O)CNC(=O)c4cc(OC)c(OC)c(OC)c4)c3)cc2)cc(OC)c1OC. The van der Waals surface area contributed by atoms with Gasteiger partial charge in [0.05, 0.1) is 55.7 Å². The smallest absolute Gasteiger partial charge is 0.251 e. The van der Waals surface area contributed by atoms with E-state index >= 15 is 0 Å². The number of benzene rings is 4. The maximum Gasteiger partial charge on any atom is 0.251 e. The molecule has 0 bridgehead atoms. The summed E-state index contributed by atoms with van der Waals surface area (Å²) in [5, 5.41) is 10.6. The molecule has 0 atom stereocenters. The molecule has 4 rings (SSSR count). The molecular formula is C36H38N4O11. The predicted octanol–water partition coefficient (Wildman–Crippen LogP) is 4.27. The van der Waals surface area contributed by atoms with Crippen molar-refractivity contribution in [1.82, 2.24) is 10.6 Å². The van der Waals surface area contributed by atoms with Crippen LogP contribution in [0.5, 0.6) is 46.0 Å². The molecule has 0 aromatic heterocycles. The lowest BCUT2D eigenvalue weighted by molar-refractivity contribution is -0.116. The van der Waals surface area contributed by atoms with Crippen LogP contribution in [0.15, 0.2) is 72.8 Å². The zero-order chi connectivity index (χ0) is 36.9. The maximum absolute atomic E-state index is 12.7. The quantitative estimate of drug-likeness (QED) is 0.131. The van der Waals surface area contributed by atoms with E-state index in [-0.39, 0.29) is 24.2 Å². The first-order valence-electron chi connectivity index (χ1n) is 15.3. The molecule has 0 aliphatic carbocycles. The molecule has 4 N–H and O–H groups in total. The van der Waals surface area contributed by atoms with E-state index in [0.717, 1.165) is 0 Å². The molecule has 0 saturated carbocycles. The second kappa shape index (κ2) is 17.7. The van der Waals surface area contributed by atoms with Crippen molar-refractivity contribution in [1.29, 1.82) is 0 Å². The van der Waals surface area contributed by atoms with E-state index in [1.54, 1.807) is 48.5 Å². The minimum atomic E-state index is -0.512. The summed E-state index contributed by atoms with van der Waals surface area (Å²) in [6.45, 7) is -0.594. The van der Waals surface area contributed by atoms with Gasteiger partial charge in [-0.1, -0.05) is 6.07 Å². The zero-order valence-electron chi connectivity index (χ0n) is 28.8. The fourth-order valence-electron chi connectivity index (χ4n) is 4.74. The molecule has 0 radical (unpaired) electrons. The van der Waals surface area contributed by atoms with Gasteiger partial charge in [-0.3, -0.25) is 19.2 Å². The topological polar surface area (TPSA) is 181 Å². The van der Waals surface area contributed by atoms with E-state index in [0.29, 0.717) is 57.4 Å². The first-order valence-corrected chi connectivity index (χ1v) is 15.3. The fourth-order valence-corrected chi connectivity index (χ4v) is 4.74. The lowest BCUT2D eigenvalue weighted by Gasteiger charge is -2.14. The second-order valence-corrected chi connectivity index (χ2v) is 10.4. The van der Waals surface area contributed by atoms with Crippen molar-refractivity contribution in [2.45, 2.75) is 0 Å². The van der Waals surface area contributed by atoms with Crippen LogP contribution in [0.25, 0.3) is 0 Å². The number of methoxy groups -OCH3 is 6. The number of ether oxygens (including phenoxy) is 7. The Morgan fingerprint density at radius 1 is 0.490 bits per heavy atom. The van der Waals surface area contributed by atoms with E-state index < -0.39 is 23.6 Å². The van der Waals surface area contributed by atoms with Gasteiger partial charge >= 0.3 is 0 Å². The van der Waals surface area contributed by atoms with Gasteiger partial charge in [0, 0.05) is 28.6 Å². The van der Waals surface area contributed by atoms with E-state index in [1.165, 1.54) is 66.9 Å². The maximum atomic E-state index is 12.7. The Bertz CT molecular complexity index is 1830. The molecule has 4 aromatic rings. The van der Waals surface area contributed by atoms with Crippen LogP contribution in [0.3, 0.4) is 0 Å². The monoisotopic (exact) mass is 702 g/mol. The molecule has 0 aliphatic heterocycles. The van der Waals surface area contributed by atoms with Crippen LogP contribution in [-0.2, 0) is 9.59 Å². The minimum absolute atomic E-state index is 0.220. The first kappa shape index (κ1) is 37.2. The van der Waals surface area contributed by atoms with Crippen molar-refractivity contribution in [2.24, 2.45) is 0 Å². The molecule has 15 heteroatoms. The molecule has 0 saturated heterocycles. The fraction of sp³-hybridized carbons (Fsp3) is 0.222. The van der Waals surface area contributed by atoms with Crippen LogP contribution >= 0.6 is 0 Å². The molecular weight excluding hydrogens is 664 g/mol. The predicted molar refractivity (Wildman–Crippen MR) is 187 cm³/mol. The summed E-state index contributed by atoms with van der Waals surface area (Å²) in [4.78, 5) is 50.6. The summed E-state index contributed by atoms with van der Waals surface area (Å²) in [6, 6.07) is 19.2. The Hall–Kier alpha value is -6.64. The molecule has 0 fully saturated rings. The highest BCUT2D eigenvalue weighted by molar-refractivity contribution is 6.01. The molecule has 0 spiro atoms. The number of carbonyl (C=O) groups is 4. The van der Waals surface area contributed by atoms with Gasteiger partial charge in [0.15, 0.2) is 23.0 Å². The number of rotatable bonds is 16. The van der Waals surface area contributed by atoms with E-state index in [1.807, 2.05) is 0 Å². The van der Waals surface area contributed by atoms with Crippen LogP contribution in [0.4, 0.5) is 11.4 Å². The average Bonchev–Trinajstić information content (AvgIpc) is 3.15. The third-order valence-electron chi connectivity index (χ3n) is 7.16. The number of amides is 4. The van der Waals surface area contributed by atoms with Crippen molar-refractivity contribution < 1.29 is 52.3 Å². The molecule has 0 unspecified atom stereocenters. The summed E-state index contributed by atoms with van der Waals surface area (Å²) in [5.74, 6) is 0.860. The van der Waals surface area contributed by atoms with Crippen LogP contribution in [0.1, 0.15) is 20.7 Å². The van der Waals surface area contributed by atoms with E-state index in [2.05, 4.69) is 21.3 Å². The van der Waals surface area contributed by atoms with Gasteiger partial charge < -0.3 is 54.4 Å². The molecule has 51 heavy (non-hydrogen) atoms. The van der Waals surface area contributed by atoms with Gasteiger partial charge in [-0.15, -0.1) is 0 Å². The van der Waals surface area contributed by atoms with Gasteiger partial charge in [-0.05, 0) is 60.7 Å². The van der Waals surface area contributed by atoms with Gasteiger partial charge in [0.25, 0.3) is 11.8 Å². The Labute approximate surface area is 294 Å². The first-order chi connectivity index (χ1) is 24.6. The lowest BCUT2D eigenvalue weighted by atomic mass is 10.1. The highest BCUT2D eigenvalue weighted by atomic mass is 16.5. The number of carbonyl (C=O) groups excluding carboxylic acids is 4. The standard InChI is InChI=1S/C36H38N4O11/c1-45-27-14-21(15-28(46-2)33(27)49-5)35(43)37-19-31(41)39-23-10-12-25(13-11-23)51-26-9-7-8-24(18-26)40-32(42)20-38-36(44)22-16-29(47-3)34(50-6)30(17-22)48-4/h7-18H,19-20H2,1-6H3,(H,37,43)(H,38,44)(H,39,41)(H,40,42). The highest BCUT2D eigenvalue weighted by Gasteiger charge is 2.19. The highest BCUT2D eigenvalue weighted by Crippen LogP contribution is 2.39. The third kappa shape index (κ3) is 9.72. The summed E-state index contributed by atoms with van der Waals surface area (Å²) in [5.41, 5.74) is 1.36. The number of hydrogen-bond acceptors (Lipinski definition) is 11. The Morgan fingerprint density at radius 2 is 0.922 bits per heavy atom. The molecule has 0 heterocycles. The van der Waals surface area contributed by atoms with Gasteiger partial charge in [-0.2, -0.15) is 0 Å². The minimum Gasteiger partial charge on any atom is -0.493 e. The molecule has 4 aromatic carbocycles. The summed E-state index contributed by atoms with van der Waals surface area (Å²) in [6.07, 6.45) is 0. The third-order valence-corrected chi connectivity index (χ3v) is 7.16. The Morgan fingerprint density at radius 3 is 1.33 bits per heavy atom. The molecule has 0 aliphatic rings. The Balaban J connectivity index is 1.27. The van der Waals surface area contributed by atoms with Crippen LogP contribution < -0.4 is 54.4 Å².